The summed E-state index contributed by atoms with van der Waals surface area (Å²) in [5, 5.41) is 7.68. The van der Waals surface area contributed by atoms with Crippen molar-refractivity contribution in [2.75, 3.05) is 19.5 Å². The molecule has 0 spiro atoms. The molecule has 3 aromatic rings. The number of halogens is 1. The smallest absolute Gasteiger partial charge is 0.255 e. The van der Waals surface area contributed by atoms with Crippen LogP contribution in [0.5, 0.6) is 11.5 Å². The lowest BCUT2D eigenvalue weighted by Gasteiger charge is -2.13. The van der Waals surface area contributed by atoms with Crippen LogP contribution in [0.3, 0.4) is 0 Å². The standard InChI is InChI=1S/C20H20ClN3O3/c1-12-9-13(2)24(23-12)15-7-5-14(6-8-15)20(25)22-17-11-18(26-3)16(21)10-19(17)27-4/h5-11H,1-4H3,(H,22,25). The fourth-order valence-electron chi connectivity index (χ4n) is 2.80. The highest BCUT2D eigenvalue weighted by atomic mass is 35.5. The van der Waals surface area contributed by atoms with Crippen LogP contribution in [0.2, 0.25) is 5.02 Å². The normalized spacial score (nSPS) is 10.6. The van der Waals surface area contributed by atoms with Crippen LogP contribution in [0, 0.1) is 13.8 Å². The molecule has 3 rings (SSSR count). The summed E-state index contributed by atoms with van der Waals surface area (Å²) in [6.45, 7) is 3.93. The van der Waals surface area contributed by atoms with E-state index in [4.69, 9.17) is 21.1 Å². The molecule has 1 heterocycles. The number of nitrogens with one attached hydrogen (secondary N) is 1. The minimum atomic E-state index is -0.266. The van der Waals surface area contributed by atoms with Crippen molar-refractivity contribution >= 4 is 23.2 Å². The third-order valence-corrected chi connectivity index (χ3v) is 4.40. The Morgan fingerprint density at radius 1 is 1.04 bits per heavy atom. The Hall–Kier alpha value is -2.99. The molecule has 0 bridgehead atoms. The average molecular weight is 386 g/mol. The summed E-state index contributed by atoms with van der Waals surface area (Å²) in [7, 11) is 3.02. The Morgan fingerprint density at radius 3 is 2.26 bits per heavy atom. The van der Waals surface area contributed by atoms with E-state index < -0.39 is 0 Å². The van der Waals surface area contributed by atoms with Crippen LogP contribution in [0.25, 0.3) is 5.69 Å². The van der Waals surface area contributed by atoms with Crippen molar-refractivity contribution in [1.29, 1.82) is 0 Å². The average Bonchev–Trinajstić information content (AvgIpc) is 3.01. The zero-order valence-corrected chi connectivity index (χ0v) is 16.3. The summed E-state index contributed by atoms with van der Waals surface area (Å²) in [6.07, 6.45) is 0. The lowest BCUT2D eigenvalue weighted by Crippen LogP contribution is -2.13. The van der Waals surface area contributed by atoms with Crippen LogP contribution in [0.15, 0.2) is 42.5 Å². The monoisotopic (exact) mass is 385 g/mol. The van der Waals surface area contributed by atoms with Crippen LogP contribution >= 0.6 is 11.6 Å². The third-order valence-electron chi connectivity index (χ3n) is 4.11. The summed E-state index contributed by atoms with van der Waals surface area (Å²) in [4.78, 5) is 12.6. The number of aromatic nitrogens is 2. The molecule has 140 valence electrons. The van der Waals surface area contributed by atoms with Crippen molar-refractivity contribution in [2.24, 2.45) is 0 Å². The predicted molar refractivity (Wildman–Crippen MR) is 106 cm³/mol. The van der Waals surface area contributed by atoms with Crippen LogP contribution < -0.4 is 14.8 Å². The van der Waals surface area contributed by atoms with E-state index in [0.717, 1.165) is 17.1 Å². The summed E-state index contributed by atoms with van der Waals surface area (Å²) in [5.41, 5.74) is 3.85. The van der Waals surface area contributed by atoms with Gasteiger partial charge in [0.15, 0.2) is 0 Å². The molecule has 1 aromatic heterocycles. The molecule has 1 amide bonds. The second kappa shape index (κ2) is 7.72. The third kappa shape index (κ3) is 3.90. The number of amides is 1. The van der Waals surface area contributed by atoms with Crippen LogP contribution in [0.4, 0.5) is 5.69 Å². The van der Waals surface area contributed by atoms with Crippen molar-refractivity contribution in [2.45, 2.75) is 13.8 Å². The molecular formula is C20H20ClN3O3. The molecule has 6 nitrogen and oxygen atoms in total. The van der Waals surface area contributed by atoms with Gasteiger partial charge in [-0.1, -0.05) is 11.6 Å². The van der Waals surface area contributed by atoms with E-state index in [2.05, 4.69) is 10.4 Å². The van der Waals surface area contributed by atoms with E-state index in [0.29, 0.717) is 27.8 Å². The molecule has 0 unspecified atom stereocenters. The molecule has 2 aromatic carbocycles. The molecule has 0 atom stereocenters. The van der Waals surface area contributed by atoms with Gasteiger partial charge in [-0.3, -0.25) is 4.79 Å². The minimum absolute atomic E-state index is 0.266. The van der Waals surface area contributed by atoms with Gasteiger partial charge in [0.1, 0.15) is 11.5 Å². The van der Waals surface area contributed by atoms with Gasteiger partial charge in [0.2, 0.25) is 0 Å². The number of hydrogen-bond donors (Lipinski definition) is 1. The summed E-state index contributed by atoms with van der Waals surface area (Å²) in [6, 6.07) is 12.4. The first-order valence-electron chi connectivity index (χ1n) is 8.29. The Balaban J connectivity index is 1.84. The lowest BCUT2D eigenvalue weighted by atomic mass is 10.2. The fourth-order valence-corrected chi connectivity index (χ4v) is 3.03. The van der Waals surface area contributed by atoms with Crippen molar-refractivity contribution < 1.29 is 14.3 Å². The van der Waals surface area contributed by atoms with Crippen molar-refractivity contribution in [1.82, 2.24) is 9.78 Å². The molecule has 27 heavy (non-hydrogen) atoms. The largest absolute Gasteiger partial charge is 0.495 e. The number of methoxy groups -OCH3 is 2. The quantitative estimate of drug-likeness (QED) is 0.706. The van der Waals surface area contributed by atoms with E-state index >= 15 is 0 Å². The summed E-state index contributed by atoms with van der Waals surface area (Å²) in [5.74, 6) is 0.638. The Morgan fingerprint density at radius 2 is 1.70 bits per heavy atom. The molecule has 0 aliphatic rings. The Kier molecular flexibility index (Phi) is 5.37. The number of anilines is 1. The van der Waals surface area contributed by atoms with Crippen molar-refractivity contribution in [3.05, 3.63) is 64.4 Å². The fraction of sp³-hybridized carbons (Fsp3) is 0.200. The van der Waals surface area contributed by atoms with Gasteiger partial charge in [0.05, 0.1) is 36.3 Å². The zero-order valence-electron chi connectivity index (χ0n) is 15.5. The van der Waals surface area contributed by atoms with Crippen LogP contribution in [0.1, 0.15) is 21.7 Å². The van der Waals surface area contributed by atoms with Gasteiger partial charge in [0, 0.05) is 23.4 Å². The van der Waals surface area contributed by atoms with E-state index in [1.54, 1.807) is 24.3 Å². The van der Waals surface area contributed by atoms with Crippen molar-refractivity contribution in [3.63, 3.8) is 0 Å². The SMILES string of the molecule is COc1cc(NC(=O)c2ccc(-n3nc(C)cc3C)cc2)c(OC)cc1Cl. The highest BCUT2D eigenvalue weighted by Crippen LogP contribution is 2.36. The molecule has 0 radical (unpaired) electrons. The topological polar surface area (TPSA) is 65.4 Å². The zero-order chi connectivity index (χ0) is 19.6. The molecule has 0 saturated carbocycles. The number of rotatable bonds is 5. The van der Waals surface area contributed by atoms with Crippen LogP contribution in [-0.4, -0.2) is 29.9 Å². The number of carbonyl (C=O) groups excluding carboxylic acids is 1. The second-order valence-corrected chi connectivity index (χ2v) is 6.43. The van der Waals surface area contributed by atoms with Gasteiger partial charge in [-0.25, -0.2) is 4.68 Å². The number of benzene rings is 2. The van der Waals surface area contributed by atoms with Gasteiger partial charge in [-0.15, -0.1) is 0 Å². The number of hydrogen-bond acceptors (Lipinski definition) is 4. The molecule has 7 heteroatoms. The highest BCUT2D eigenvalue weighted by molar-refractivity contribution is 6.32. The molecule has 0 fully saturated rings. The molecule has 0 aliphatic carbocycles. The number of aryl methyl sites for hydroxylation is 2. The number of carbonyl (C=O) groups is 1. The summed E-state index contributed by atoms with van der Waals surface area (Å²) >= 11 is 6.10. The van der Waals surface area contributed by atoms with Gasteiger partial charge in [-0.05, 0) is 44.2 Å². The maximum Gasteiger partial charge on any atom is 0.255 e. The number of ether oxygens (including phenoxy) is 2. The second-order valence-electron chi connectivity index (χ2n) is 6.03. The van der Waals surface area contributed by atoms with E-state index in [9.17, 15) is 4.79 Å². The van der Waals surface area contributed by atoms with E-state index in [-0.39, 0.29) is 5.91 Å². The van der Waals surface area contributed by atoms with Gasteiger partial charge < -0.3 is 14.8 Å². The number of nitrogens with zero attached hydrogens (tertiary/aromatic N) is 2. The molecule has 1 N–H and O–H groups in total. The highest BCUT2D eigenvalue weighted by Gasteiger charge is 2.14. The van der Waals surface area contributed by atoms with Gasteiger partial charge in [0.25, 0.3) is 5.91 Å². The molecule has 0 saturated heterocycles. The Bertz CT molecular complexity index is 981. The minimum Gasteiger partial charge on any atom is -0.495 e. The summed E-state index contributed by atoms with van der Waals surface area (Å²) < 4.78 is 12.3. The molecular weight excluding hydrogens is 366 g/mol. The maximum atomic E-state index is 12.6. The first-order valence-corrected chi connectivity index (χ1v) is 8.67. The predicted octanol–water partition coefficient (Wildman–Crippen LogP) is 4.41. The van der Waals surface area contributed by atoms with Crippen LogP contribution in [-0.2, 0) is 0 Å². The maximum absolute atomic E-state index is 12.6. The Labute approximate surface area is 162 Å². The first-order chi connectivity index (χ1) is 12.9. The lowest BCUT2D eigenvalue weighted by molar-refractivity contribution is 0.102. The first kappa shape index (κ1) is 18.8. The van der Waals surface area contributed by atoms with Crippen molar-refractivity contribution in [3.8, 4) is 17.2 Å². The van der Waals surface area contributed by atoms with Gasteiger partial charge in [-0.2, -0.15) is 5.10 Å². The van der Waals surface area contributed by atoms with E-state index in [1.807, 2.05) is 36.7 Å². The van der Waals surface area contributed by atoms with E-state index in [1.165, 1.54) is 14.2 Å². The molecule has 0 aliphatic heterocycles. The van der Waals surface area contributed by atoms with Gasteiger partial charge >= 0.3 is 0 Å².